The summed E-state index contributed by atoms with van der Waals surface area (Å²) in [6.45, 7) is 8.08. The molecule has 5 N–H and O–H groups in total. The van der Waals surface area contributed by atoms with Gasteiger partial charge in [-0.25, -0.2) is 4.79 Å². The Morgan fingerprint density at radius 1 is 0.690 bits per heavy atom. The summed E-state index contributed by atoms with van der Waals surface area (Å²) in [5.74, 6) is -3.45. The molecule has 0 aliphatic heterocycles. The van der Waals surface area contributed by atoms with Gasteiger partial charge in [0.25, 0.3) is 11.8 Å². The van der Waals surface area contributed by atoms with Crippen molar-refractivity contribution in [1.82, 2.24) is 37.8 Å². The number of carboxylic acid groups (broad SMARTS) is 1. The number of rotatable bonds is 15. The van der Waals surface area contributed by atoms with Crippen LogP contribution in [0.1, 0.15) is 79.8 Å². The summed E-state index contributed by atoms with van der Waals surface area (Å²) in [6.07, 6.45) is -0.152. The molecule has 4 aromatic heterocycles. The fraction of sp³-hybridized carbons (Fsp3) is 0.359. The van der Waals surface area contributed by atoms with Crippen LogP contribution in [0.4, 0.5) is 0 Å². The van der Waals surface area contributed by atoms with Crippen LogP contribution < -0.4 is 22.7 Å². The summed E-state index contributed by atoms with van der Waals surface area (Å²) < 4.78 is 16.1. The van der Waals surface area contributed by atoms with Gasteiger partial charge in [-0.05, 0) is 89.1 Å². The first-order valence-corrected chi connectivity index (χ1v) is 18.7. The van der Waals surface area contributed by atoms with E-state index in [-0.39, 0.29) is 48.3 Å². The number of hydrogen-bond donors (Lipinski definition) is 3. The Labute approximate surface area is 331 Å². The third-order valence-electron chi connectivity index (χ3n) is 9.94. The van der Waals surface area contributed by atoms with E-state index in [2.05, 4.69) is 20.2 Å². The Balaban J connectivity index is 1.40. The second kappa shape index (κ2) is 16.7. The summed E-state index contributed by atoms with van der Waals surface area (Å²) in [5.41, 5.74) is 16.7. The van der Waals surface area contributed by atoms with Crippen LogP contribution >= 0.6 is 0 Å². The van der Waals surface area contributed by atoms with E-state index in [1.165, 1.54) is 0 Å². The molecule has 6 aromatic rings. The van der Waals surface area contributed by atoms with Crippen LogP contribution in [0.3, 0.4) is 0 Å². The highest BCUT2D eigenvalue weighted by molar-refractivity contribution is 5.98. The highest BCUT2D eigenvalue weighted by atomic mass is 16.5. The number of primary amides is 2. The largest absolute Gasteiger partial charge is 0.480 e. The third-order valence-corrected chi connectivity index (χ3v) is 9.94. The molecule has 0 unspecified atom stereocenters. The van der Waals surface area contributed by atoms with Gasteiger partial charge in [0.1, 0.15) is 18.0 Å². The molecule has 0 aliphatic rings. The number of imidazole rings is 2. The monoisotopic (exact) mass is 794 g/mol. The van der Waals surface area contributed by atoms with Gasteiger partial charge in [0, 0.05) is 51.4 Å². The summed E-state index contributed by atoms with van der Waals surface area (Å²) in [6, 6.07) is 13.2. The van der Waals surface area contributed by atoms with Crippen LogP contribution in [0.15, 0.2) is 58.5 Å². The van der Waals surface area contributed by atoms with Gasteiger partial charge in [0.2, 0.25) is 23.1 Å². The van der Waals surface area contributed by atoms with Crippen LogP contribution in [-0.2, 0) is 49.8 Å². The van der Waals surface area contributed by atoms with Gasteiger partial charge >= 0.3 is 5.97 Å². The predicted molar refractivity (Wildman–Crippen MR) is 211 cm³/mol. The van der Waals surface area contributed by atoms with Crippen molar-refractivity contribution < 1.29 is 33.8 Å². The van der Waals surface area contributed by atoms with Gasteiger partial charge in [-0.1, -0.05) is 0 Å². The number of carbonyl (C=O) groups is 5. The van der Waals surface area contributed by atoms with E-state index < -0.39 is 42.3 Å². The average molecular weight is 795 g/mol. The number of aromatic nitrogens is 8. The van der Waals surface area contributed by atoms with E-state index in [9.17, 15) is 29.1 Å². The molecular formula is C39H46N12O7. The first kappa shape index (κ1) is 40.8. The molecule has 0 saturated heterocycles. The van der Waals surface area contributed by atoms with E-state index in [4.69, 9.17) is 16.2 Å². The van der Waals surface area contributed by atoms with Crippen molar-refractivity contribution in [2.24, 2.45) is 35.5 Å². The summed E-state index contributed by atoms with van der Waals surface area (Å²) in [5, 5.41) is 18.4. The molecule has 0 saturated carbocycles. The first-order valence-electron chi connectivity index (χ1n) is 18.7. The number of nitrogens with zero attached hydrogens (tertiary/aromatic N) is 10. The topological polar surface area (TPSA) is 247 Å². The Morgan fingerprint density at radius 3 is 1.47 bits per heavy atom. The van der Waals surface area contributed by atoms with Gasteiger partial charge in [0.05, 0.1) is 39.6 Å². The van der Waals surface area contributed by atoms with Gasteiger partial charge in [-0.2, -0.15) is 20.2 Å². The summed E-state index contributed by atoms with van der Waals surface area (Å²) in [7, 11) is 3.44. The number of ether oxygens (including phenoxy) is 1. The number of carboxylic acids is 1. The van der Waals surface area contributed by atoms with E-state index in [0.29, 0.717) is 57.9 Å². The number of benzene rings is 2. The molecule has 58 heavy (non-hydrogen) atoms. The van der Waals surface area contributed by atoms with Gasteiger partial charge in [0.15, 0.2) is 0 Å². The fourth-order valence-corrected chi connectivity index (χ4v) is 7.11. The molecule has 0 fully saturated rings. The Morgan fingerprint density at radius 2 is 1.10 bits per heavy atom. The molecule has 0 spiro atoms. The molecule has 19 nitrogen and oxygen atoms in total. The van der Waals surface area contributed by atoms with Gasteiger partial charge < -0.3 is 39.6 Å². The number of aryl methyl sites for hydroxylation is 8. The van der Waals surface area contributed by atoms with Gasteiger partial charge in [-0.3, -0.25) is 28.5 Å². The SMILES string of the molecule is CCn1nc(C)cc1C(=O)N=c1n(C)c2cc(C(N)=O)ccc2n1CCC(CCn1c(=NC(=O)c2cc(C)nn2CC)n(C)c2cc(C(N)=O)ccc21)OCC(=O)O. The minimum absolute atomic E-state index is 0.216. The van der Waals surface area contributed by atoms with Crippen LogP contribution in [0.25, 0.3) is 22.1 Å². The molecular weight excluding hydrogens is 749 g/mol. The molecule has 0 atom stereocenters. The lowest BCUT2D eigenvalue weighted by molar-refractivity contribution is -0.144. The standard InChI is InChI=1S/C39H46N12O7/c1-7-50-31(17-22(3)44-50)36(56)42-38-46(5)29-19-24(34(40)54)9-11-27(29)48(38)15-13-26(58-21-33(52)53)14-16-49-28-12-10-25(35(41)55)20-30(28)47(6)39(49)43-37(57)32-18-23(4)45-51(32)8-2/h9-12,17-20,26H,7-8,13-16,21H2,1-6H3,(H2,40,54)(H2,41,55)(H,52,53). The maximum absolute atomic E-state index is 13.7. The molecule has 0 bridgehead atoms. The molecule has 19 heteroatoms. The minimum atomic E-state index is -1.16. The van der Waals surface area contributed by atoms with E-state index in [1.807, 2.05) is 23.0 Å². The summed E-state index contributed by atoms with van der Waals surface area (Å²) in [4.78, 5) is 72.4. The number of amides is 4. The molecule has 2 aromatic carbocycles. The maximum atomic E-state index is 13.7. The van der Waals surface area contributed by atoms with E-state index >= 15 is 0 Å². The lowest BCUT2D eigenvalue weighted by Crippen LogP contribution is -2.30. The van der Waals surface area contributed by atoms with Crippen molar-refractivity contribution in [3.8, 4) is 0 Å². The number of nitrogens with two attached hydrogens (primary N) is 2. The predicted octanol–water partition coefficient (Wildman–Crippen LogP) is 1.95. The smallest absolute Gasteiger partial charge is 0.329 e. The highest BCUT2D eigenvalue weighted by Gasteiger charge is 2.21. The Hall–Kier alpha value is -6.89. The van der Waals surface area contributed by atoms with Crippen molar-refractivity contribution in [2.75, 3.05) is 6.61 Å². The molecule has 0 radical (unpaired) electrons. The molecule has 304 valence electrons. The van der Waals surface area contributed by atoms with Gasteiger partial charge in [-0.15, -0.1) is 0 Å². The zero-order chi connectivity index (χ0) is 42.0. The van der Waals surface area contributed by atoms with Crippen LogP contribution in [-0.4, -0.2) is 85.2 Å². The quantitative estimate of drug-likeness (QED) is 0.137. The number of fused-ring (bicyclic) bond motifs is 2. The third kappa shape index (κ3) is 8.15. The molecule has 0 aliphatic carbocycles. The minimum Gasteiger partial charge on any atom is -0.480 e. The van der Waals surface area contributed by atoms with E-state index in [1.54, 1.807) is 95.0 Å². The highest BCUT2D eigenvalue weighted by Crippen LogP contribution is 2.20. The van der Waals surface area contributed by atoms with Crippen molar-refractivity contribution >= 4 is 51.7 Å². The molecule has 4 heterocycles. The average Bonchev–Trinajstić information content (AvgIpc) is 3.91. The second-order valence-electron chi connectivity index (χ2n) is 13.9. The van der Waals surface area contributed by atoms with Crippen molar-refractivity contribution in [3.63, 3.8) is 0 Å². The Bertz CT molecular complexity index is 2580. The van der Waals surface area contributed by atoms with E-state index in [0.717, 1.165) is 0 Å². The van der Waals surface area contributed by atoms with Crippen LogP contribution in [0, 0.1) is 13.8 Å². The molecule has 6 rings (SSSR count). The lowest BCUT2D eigenvalue weighted by atomic mass is 10.1. The first-order chi connectivity index (χ1) is 27.6. The normalized spacial score (nSPS) is 12.9. The fourth-order valence-electron chi connectivity index (χ4n) is 7.11. The van der Waals surface area contributed by atoms with Crippen molar-refractivity contribution in [2.45, 2.75) is 72.8 Å². The van der Waals surface area contributed by atoms with Crippen molar-refractivity contribution in [3.05, 3.63) is 93.7 Å². The van der Waals surface area contributed by atoms with Crippen molar-refractivity contribution in [1.29, 1.82) is 0 Å². The Kier molecular flexibility index (Phi) is 11.7. The zero-order valence-corrected chi connectivity index (χ0v) is 33.2. The van der Waals surface area contributed by atoms with Crippen LogP contribution in [0.2, 0.25) is 0 Å². The maximum Gasteiger partial charge on any atom is 0.329 e. The number of carbonyl (C=O) groups excluding carboxylic acids is 4. The summed E-state index contributed by atoms with van der Waals surface area (Å²) >= 11 is 0. The number of hydrogen-bond acceptors (Lipinski definition) is 8. The number of aliphatic carboxylic acids is 1. The second-order valence-corrected chi connectivity index (χ2v) is 13.9. The zero-order valence-electron chi connectivity index (χ0n) is 33.2. The molecule has 4 amide bonds. The lowest BCUT2D eigenvalue weighted by Gasteiger charge is -2.18. The van der Waals surface area contributed by atoms with Crippen LogP contribution in [0.5, 0.6) is 0 Å².